The molecule has 1 aromatic heterocycles. The van der Waals surface area contributed by atoms with E-state index >= 15 is 0 Å². The van der Waals surface area contributed by atoms with Crippen LogP contribution in [-0.4, -0.2) is 35.6 Å². The molecule has 0 radical (unpaired) electrons. The number of hydrogen-bond donors (Lipinski definition) is 1. The molecule has 2 rings (SSSR count). The second-order valence-electron chi connectivity index (χ2n) is 4.64. The van der Waals surface area contributed by atoms with Crippen LogP contribution < -0.4 is 5.32 Å². The number of alkyl halides is 3. The van der Waals surface area contributed by atoms with Crippen molar-refractivity contribution in [2.75, 3.05) is 19.6 Å². The Balaban J connectivity index is 1.98. The molecule has 6 heteroatoms. The van der Waals surface area contributed by atoms with Gasteiger partial charge in [0.05, 0.1) is 0 Å². The molecule has 1 fully saturated rings. The number of piperazine rings is 1. The first-order valence-corrected chi connectivity index (χ1v) is 5.93. The van der Waals surface area contributed by atoms with Crippen molar-refractivity contribution in [2.45, 2.75) is 25.7 Å². The van der Waals surface area contributed by atoms with Crippen molar-refractivity contribution in [1.82, 2.24) is 15.2 Å². The van der Waals surface area contributed by atoms with Crippen molar-refractivity contribution in [3.8, 4) is 0 Å². The van der Waals surface area contributed by atoms with Crippen LogP contribution in [0.3, 0.4) is 0 Å². The van der Waals surface area contributed by atoms with Gasteiger partial charge in [0.2, 0.25) is 0 Å². The van der Waals surface area contributed by atoms with Gasteiger partial charge in [0.1, 0.15) is 5.69 Å². The van der Waals surface area contributed by atoms with E-state index in [-0.39, 0.29) is 0 Å². The Labute approximate surface area is 104 Å². The van der Waals surface area contributed by atoms with Crippen molar-refractivity contribution >= 4 is 0 Å². The zero-order valence-electron chi connectivity index (χ0n) is 10.2. The summed E-state index contributed by atoms with van der Waals surface area (Å²) in [4.78, 5) is 5.68. The largest absolute Gasteiger partial charge is 0.433 e. The van der Waals surface area contributed by atoms with Gasteiger partial charge >= 0.3 is 6.18 Å². The number of halogens is 3. The lowest BCUT2D eigenvalue weighted by Gasteiger charge is -2.31. The first kappa shape index (κ1) is 13.3. The third-order valence-corrected chi connectivity index (χ3v) is 2.97. The van der Waals surface area contributed by atoms with Crippen molar-refractivity contribution in [1.29, 1.82) is 0 Å². The third kappa shape index (κ3) is 3.43. The fraction of sp³-hybridized carbons (Fsp3) is 0.583. The Kier molecular flexibility index (Phi) is 3.87. The highest BCUT2D eigenvalue weighted by atomic mass is 19.4. The van der Waals surface area contributed by atoms with Gasteiger partial charge in [-0.25, -0.2) is 0 Å². The lowest BCUT2D eigenvalue weighted by molar-refractivity contribution is -0.141. The molecule has 1 atom stereocenters. The van der Waals surface area contributed by atoms with Crippen LogP contribution in [0.2, 0.25) is 0 Å². The fourth-order valence-corrected chi connectivity index (χ4v) is 2.10. The topological polar surface area (TPSA) is 28.2 Å². The lowest BCUT2D eigenvalue weighted by Crippen LogP contribution is -2.48. The summed E-state index contributed by atoms with van der Waals surface area (Å²) in [6, 6.07) is 2.96. The van der Waals surface area contributed by atoms with E-state index in [2.05, 4.69) is 22.1 Å². The molecule has 1 saturated heterocycles. The molecule has 0 unspecified atom stereocenters. The summed E-state index contributed by atoms with van der Waals surface area (Å²) in [6.07, 6.45) is -3.04. The monoisotopic (exact) mass is 259 g/mol. The average molecular weight is 259 g/mol. The molecule has 3 nitrogen and oxygen atoms in total. The molecule has 1 aliphatic rings. The van der Waals surface area contributed by atoms with E-state index in [1.165, 1.54) is 12.3 Å². The highest BCUT2D eigenvalue weighted by Gasteiger charge is 2.32. The number of rotatable bonds is 2. The number of nitrogens with one attached hydrogen (secondary N) is 1. The van der Waals surface area contributed by atoms with E-state index in [4.69, 9.17) is 0 Å². The second-order valence-corrected chi connectivity index (χ2v) is 4.64. The van der Waals surface area contributed by atoms with Gasteiger partial charge in [0.25, 0.3) is 0 Å². The summed E-state index contributed by atoms with van der Waals surface area (Å²) >= 11 is 0. The maximum absolute atomic E-state index is 12.3. The Hall–Kier alpha value is -1.14. The molecule has 0 aliphatic carbocycles. The summed E-state index contributed by atoms with van der Waals surface area (Å²) in [5.41, 5.74) is -0.0166. The van der Waals surface area contributed by atoms with Crippen LogP contribution in [0.1, 0.15) is 18.2 Å². The standard InChI is InChI=1S/C12H16F3N3/c1-9-7-18(5-4-16-9)8-10-2-3-11(17-6-10)12(13,14)15/h2-3,6,9,16H,4-5,7-8H2,1H3/t9-/m0/s1. The number of aromatic nitrogens is 1. The van der Waals surface area contributed by atoms with Gasteiger partial charge in [0, 0.05) is 38.4 Å². The van der Waals surface area contributed by atoms with E-state index in [0.717, 1.165) is 31.3 Å². The van der Waals surface area contributed by atoms with E-state index in [0.29, 0.717) is 12.6 Å². The molecular weight excluding hydrogens is 243 g/mol. The highest BCUT2D eigenvalue weighted by molar-refractivity contribution is 5.16. The first-order chi connectivity index (χ1) is 8.45. The van der Waals surface area contributed by atoms with E-state index in [9.17, 15) is 13.2 Å². The molecule has 1 aliphatic heterocycles. The van der Waals surface area contributed by atoms with Crippen LogP contribution in [0.5, 0.6) is 0 Å². The van der Waals surface area contributed by atoms with Crippen LogP contribution in [0, 0.1) is 0 Å². The van der Waals surface area contributed by atoms with E-state index in [1.54, 1.807) is 0 Å². The molecule has 0 aromatic carbocycles. The quantitative estimate of drug-likeness (QED) is 0.879. The first-order valence-electron chi connectivity index (χ1n) is 5.93. The zero-order valence-corrected chi connectivity index (χ0v) is 10.2. The van der Waals surface area contributed by atoms with Crippen molar-refractivity contribution in [3.63, 3.8) is 0 Å². The average Bonchev–Trinajstić information content (AvgIpc) is 2.28. The molecule has 1 aromatic rings. The van der Waals surface area contributed by atoms with Gasteiger partial charge in [-0.2, -0.15) is 13.2 Å². The minimum Gasteiger partial charge on any atom is -0.312 e. The number of hydrogen-bond acceptors (Lipinski definition) is 3. The third-order valence-electron chi connectivity index (χ3n) is 2.97. The molecule has 18 heavy (non-hydrogen) atoms. The van der Waals surface area contributed by atoms with Crippen LogP contribution in [0.4, 0.5) is 13.2 Å². The van der Waals surface area contributed by atoms with Crippen LogP contribution >= 0.6 is 0 Å². The summed E-state index contributed by atoms with van der Waals surface area (Å²) < 4.78 is 37.0. The molecule has 0 amide bonds. The van der Waals surface area contributed by atoms with Crippen molar-refractivity contribution in [2.24, 2.45) is 0 Å². The van der Waals surface area contributed by atoms with Gasteiger partial charge < -0.3 is 5.32 Å². The number of pyridine rings is 1. The Morgan fingerprint density at radius 1 is 1.44 bits per heavy atom. The maximum atomic E-state index is 12.3. The molecule has 0 spiro atoms. The second kappa shape index (κ2) is 5.24. The summed E-state index contributed by atoms with van der Waals surface area (Å²) in [5.74, 6) is 0. The lowest BCUT2D eigenvalue weighted by atomic mass is 10.2. The minimum absolute atomic E-state index is 0.418. The fourth-order valence-electron chi connectivity index (χ4n) is 2.10. The Morgan fingerprint density at radius 2 is 2.22 bits per heavy atom. The van der Waals surface area contributed by atoms with Gasteiger partial charge in [0.15, 0.2) is 0 Å². The highest BCUT2D eigenvalue weighted by Crippen LogP contribution is 2.27. The van der Waals surface area contributed by atoms with Gasteiger partial charge in [-0.1, -0.05) is 6.07 Å². The predicted octanol–water partition coefficient (Wildman–Crippen LogP) is 1.89. The molecule has 2 heterocycles. The maximum Gasteiger partial charge on any atom is 0.433 e. The van der Waals surface area contributed by atoms with Crippen molar-refractivity contribution in [3.05, 3.63) is 29.6 Å². The van der Waals surface area contributed by atoms with Crippen molar-refractivity contribution < 1.29 is 13.2 Å². The Morgan fingerprint density at radius 3 is 2.78 bits per heavy atom. The predicted molar refractivity (Wildman–Crippen MR) is 62.0 cm³/mol. The molecular formula is C12H16F3N3. The molecule has 0 bridgehead atoms. The Bertz CT molecular complexity index is 389. The van der Waals surface area contributed by atoms with Crippen LogP contribution in [-0.2, 0) is 12.7 Å². The smallest absolute Gasteiger partial charge is 0.312 e. The number of nitrogens with zero attached hydrogens (tertiary/aromatic N) is 2. The minimum atomic E-state index is -4.36. The van der Waals surface area contributed by atoms with Crippen LogP contribution in [0.25, 0.3) is 0 Å². The van der Waals surface area contributed by atoms with Gasteiger partial charge in [-0.15, -0.1) is 0 Å². The van der Waals surface area contributed by atoms with E-state index in [1.807, 2.05) is 0 Å². The van der Waals surface area contributed by atoms with E-state index < -0.39 is 11.9 Å². The van der Waals surface area contributed by atoms with Gasteiger partial charge in [-0.3, -0.25) is 9.88 Å². The molecule has 100 valence electrons. The van der Waals surface area contributed by atoms with Crippen LogP contribution in [0.15, 0.2) is 18.3 Å². The SMILES string of the molecule is C[C@H]1CN(Cc2ccc(C(F)(F)F)nc2)CCN1. The summed E-state index contributed by atoms with van der Waals surface area (Å²) in [7, 11) is 0. The molecule has 0 saturated carbocycles. The normalized spacial score (nSPS) is 22.1. The summed E-state index contributed by atoms with van der Waals surface area (Å²) in [6.45, 7) is 5.47. The summed E-state index contributed by atoms with van der Waals surface area (Å²) in [5, 5.41) is 3.32. The molecule has 1 N–H and O–H groups in total. The van der Waals surface area contributed by atoms with Gasteiger partial charge in [-0.05, 0) is 18.6 Å². The zero-order chi connectivity index (χ0) is 13.2.